The number of benzene rings is 1. The molecule has 0 aromatic heterocycles. The lowest BCUT2D eigenvalue weighted by atomic mass is 10.2. The highest BCUT2D eigenvalue weighted by Gasteiger charge is 2.12. The maximum atomic E-state index is 11.6. The normalized spacial score (nSPS) is 10.0. The molecule has 1 aromatic carbocycles. The van der Waals surface area contributed by atoms with E-state index in [0.717, 1.165) is 21.6 Å². The molecule has 1 aromatic rings. The van der Waals surface area contributed by atoms with Crippen molar-refractivity contribution < 1.29 is 14.3 Å². The summed E-state index contributed by atoms with van der Waals surface area (Å²) in [6.45, 7) is 0. The third kappa shape index (κ3) is 3.96. The van der Waals surface area contributed by atoms with Crippen LogP contribution in [0.4, 0.5) is 4.79 Å². The summed E-state index contributed by atoms with van der Waals surface area (Å²) in [6.07, 6.45) is 1.92. The third-order valence-electron chi connectivity index (χ3n) is 2.11. The molecule has 0 atom stereocenters. The fourth-order valence-corrected chi connectivity index (χ4v) is 2.50. The van der Waals surface area contributed by atoms with Crippen molar-refractivity contribution in [1.82, 2.24) is 4.90 Å². The van der Waals surface area contributed by atoms with E-state index >= 15 is 0 Å². The Hall–Kier alpha value is -1.14. The van der Waals surface area contributed by atoms with E-state index in [-0.39, 0.29) is 5.24 Å². The fraction of sp³-hybridized carbons (Fsp3) is 0.333. The zero-order valence-corrected chi connectivity index (χ0v) is 12.4. The van der Waals surface area contributed by atoms with Gasteiger partial charge in [-0.2, -0.15) is 0 Å². The molecule has 1 rings (SSSR count). The van der Waals surface area contributed by atoms with Crippen molar-refractivity contribution in [3.8, 4) is 0 Å². The number of methoxy groups -OCH3 is 1. The average molecular weight is 285 g/mol. The van der Waals surface area contributed by atoms with E-state index in [4.69, 9.17) is 4.74 Å². The molecule has 0 saturated carbocycles. The van der Waals surface area contributed by atoms with Gasteiger partial charge in [0.15, 0.2) is 0 Å². The first-order valence-electron chi connectivity index (χ1n) is 5.14. The summed E-state index contributed by atoms with van der Waals surface area (Å²) in [5, 5.41) is -0.0796. The molecule has 98 valence electrons. The lowest BCUT2D eigenvalue weighted by Crippen LogP contribution is -2.16. The molecule has 0 radical (unpaired) electrons. The maximum Gasteiger partial charge on any atom is 0.337 e. The van der Waals surface area contributed by atoms with Gasteiger partial charge in [-0.25, -0.2) is 4.79 Å². The van der Waals surface area contributed by atoms with Crippen LogP contribution in [0.15, 0.2) is 28.0 Å². The van der Waals surface area contributed by atoms with Gasteiger partial charge in [-0.1, -0.05) is 0 Å². The van der Waals surface area contributed by atoms with E-state index in [1.165, 1.54) is 23.8 Å². The average Bonchev–Trinajstić information content (AvgIpc) is 2.37. The third-order valence-corrected chi connectivity index (χ3v) is 3.83. The minimum Gasteiger partial charge on any atom is -0.465 e. The highest BCUT2D eigenvalue weighted by atomic mass is 32.2. The van der Waals surface area contributed by atoms with E-state index < -0.39 is 5.97 Å². The minimum absolute atomic E-state index is 0.0796. The second kappa shape index (κ2) is 6.70. The van der Waals surface area contributed by atoms with E-state index in [2.05, 4.69) is 0 Å². The Morgan fingerprint density at radius 3 is 2.28 bits per heavy atom. The lowest BCUT2D eigenvalue weighted by molar-refractivity contribution is 0.0600. The van der Waals surface area contributed by atoms with Crippen molar-refractivity contribution in [3.05, 3.63) is 23.8 Å². The smallest absolute Gasteiger partial charge is 0.337 e. The molecule has 0 unspecified atom stereocenters. The Balaban J connectivity index is 3.04. The Morgan fingerprint density at radius 1 is 1.17 bits per heavy atom. The molecule has 0 aliphatic rings. The van der Waals surface area contributed by atoms with Gasteiger partial charge in [0.05, 0.1) is 12.7 Å². The highest BCUT2D eigenvalue weighted by Crippen LogP contribution is 2.27. The van der Waals surface area contributed by atoms with Gasteiger partial charge >= 0.3 is 5.97 Å². The fourth-order valence-electron chi connectivity index (χ4n) is 1.18. The largest absolute Gasteiger partial charge is 0.465 e. The van der Waals surface area contributed by atoms with Crippen LogP contribution < -0.4 is 0 Å². The van der Waals surface area contributed by atoms with Crippen molar-refractivity contribution in [2.45, 2.75) is 9.79 Å². The van der Waals surface area contributed by atoms with Gasteiger partial charge in [-0.05, 0) is 36.2 Å². The Labute approximate surface area is 115 Å². The molecule has 0 N–H and O–H groups in total. The van der Waals surface area contributed by atoms with Crippen LogP contribution in [0.5, 0.6) is 0 Å². The van der Waals surface area contributed by atoms with Crippen molar-refractivity contribution in [3.63, 3.8) is 0 Å². The molecule has 6 heteroatoms. The van der Waals surface area contributed by atoms with Gasteiger partial charge in [0.25, 0.3) is 5.24 Å². The highest BCUT2D eigenvalue weighted by molar-refractivity contribution is 8.13. The van der Waals surface area contributed by atoms with Crippen LogP contribution in [-0.4, -0.2) is 43.6 Å². The summed E-state index contributed by atoms with van der Waals surface area (Å²) < 4.78 is 4.69. The van der Waals surface area contributed by atoms with Crippen molar-refractivity contribution in [2.24, 2.45) is 0 Å². The lowest BCUT2D eigenvalue weighted by Gasteiger charge is -2.10. The zero-order valence-electron chi connectivity index (χ0n) is 10.7. The number of esters is 1. The first kappa shape index (κ1) is 14.9. The van der Waals surface area contributed by atoms with Gasteiger partial charge in [0.1, 0.15) is 0 Å². The molecular weight excluding hydrogens is 270 g/mol. The Kier molecular flexibility index (Phi) is 5.55. The number of rotatable bonds is 3. The number of nitrogens with zero attached hydrogens (tertiary/aromatic N) is 1. The molecule has 4 nitrogen and oxygen atoms in total. The maximum absolute atomic E-state index is 11.6. The Morgan fingerprint density at radius 2 is 1.78 bits per heavy atom. The summed E-state index contributed by atoms with van der Waals surface area (Å²) in [5.74, 6) is -0.398. The predicted octanol–water partition coefficient (Wildman–Crippen LogP) is 2.97. The Bertz CT molecular complexity index is 461. The van der Waals surface area contributed by atoms with Gasteiger partial charge in [0, 0.05) is 23.9 Å². The topological polar surface area (TPSA) is 46.6 Å². The quantitative estimate of drug-likeness (QED) is 0.631. The van der Waals surface area contributed by atoms with Crippen molar-refractivity contribution in [2.75, 3.05) is 27.5 Å². The SMILES string of the molecule is COC(=O)c1cc(SC)cc(SC(=O)N(C)C)c1. The van der Waals surface area contributed by atoms with Crippen LogP contribution in [0.3, 0.4) is 0 Å². The van der Waals surface area contributed by atoms with E-state index in [1.807, 2.05) is 12.3 Å². The molecule has 0 bridgehead atoms. The number of amides is 1. The van der Waals surface area contributed by atoms with E-state index in [1.54, 1.807) is 26.2 Å². The second-order valence-electron chi connectivity index (χ2n) is 3.65. The summed E-state index contributed by atoms with van der Waals surface area (Å²) in [5.41, 5.74) is 0.457. The number of carbonyl (C=O) groups is 2. The monoisotopic (exact) mass is 285 g/mol. The van der Waals surface area contributed by atoms with Crippen LogP contribution in [0, 0.1) is 0 Å². The first-order chi connectivity index (χ1) is 8.47. The number of carbonyl (C=O) groups excluding carboxylic acids is 2. The van der Waals surface area contributed by atoms with Crippen molar-refractivity contribution in [1.29, 1.82) is 0 Å². The molecule has 0 heterocycles. The van der Waals surface area contributed by atoms with Gasteiger partial charge in [-0.15, -0.1) is 11.8 Å². The molecule has 1 amide bonds. The van der Waals surface area contributed by atoms with Crippen LogP contribution in [0.25, 0.3) is 0 Å². The minimum atomic E-state index is -0.398. The standard InChI is InChI=1S/C12H15NO3S2/c1-13(2)12(15)18-10-6-8(11(14)16-3)5-9(7-10)17-4/h5-7H,1-4H3. The van der Waals surface area contributed by atoms with Gasteiger partial charge in [-0.3, -0.25) is 4.79 Å². The molecule has 18 heavy (non-hydrogen) atoms. The zero-order chi connectivity index (χ0) is 13.7. The molecule has 0 fully saturated rings. The molecule has 0 spiro atoms. The van der Waals surface area contributed by atoms with Crippen LogP contribution in [0.1, 0.15) is 10.4 Å². The molecule has 0 saturated heterocycles. The van der Waals surface area contributed by atoms with Crippen molar-refractivity contribution >= 4 is 34.7 Å². The van der Waals surface area contributed by atoms with Crippen LogP contribution in [0.2, 0.25) is 0 Å². The van der Waals surface area contributed by atoms with Crippen LogP contribution in [-0.2, 0) is 4.74 Å². The summed E-state index contributed by atoms with van der Waals surface area (Å²) in [7, 11) is 4.72. The molecule has 0 aliphatic heterocycles. The van der Waals surface area contributed by atoms with Crippen LogP contribution >= 0.6 is 23.5 Å². The number of hydrogen-bond donors (Lipinski definition) is 0. The summed E-state index contributed by atoms with van der Waals surface area (Å²) >= 11 is 2.60. The number of thioether (sulfide) groups is 2. The second-order valence-corrected chi connectivity index (χ2v) is 5.56. The number of ether oxygens (including phenoxy) is 1. The number of hydrogen-bond acceptors (Lipinski definition) is 5. The van der Waals surface area contributed by atoms with Gasteiger partial charge in [0.2, 0.25) is 0 Å². The predicted molar refractivity (Wildman–Crippen MR) is 74.5 cm³/mol. The van der Waals surface area contributed by atoms with Gasteiger partial charge < -0.3 is 9.64 Å². The van der Waals surface area contributed by atoms with E-state index in [9.17, 15) is 9.59 Å². The van der Waals surface area contributed by atoms with E-state index in [0.29, 0.717) is 5.56 Å². The molecule has 0 aliphatic carbocycles. The summed E-state index contributed by atoms with van der Waals surface area (Å²) in [6, 6.07) is 5.29. The summed E-state index contributed by atoms with van der Waals surface area (Å²) in [4.78, 5) is 26.3. The first-order valence-corrected chi connectivity index (χ1v) is 7.18. The molecular formula is C12H15NO3S2.